The average molecular weight is 314 g/mol. The third kappa shape index (κ3) is 5.03. The molecule has 6 nitrogen and oxygen atoms in total. The monoisotopic (exact) mass is 314 g/mol. The van der Waals surface area contributed by atoms with E-state index >= 15 is 0 Å². The molecule has 2 N–H and O–H groups in total. The summed E-state index contributed by atoms with van der Waals surface area (Å²) in [6.07, 6.45) is 0. The molecule has 0 aliphatic carbocycles. The smallest absolute Gasteiger partial charge is 0.323 e. The first kappa shape index (κ1) is 16.4. The number of nitrogens with zero attached hydrogens (tertiary/aromatic N) is 1. The molecule has 0 heterocycles. The van der Waals surface area contributed by atoms with Gasteiger partial charge in [0.2, 0.25) is 5.91 Å². The molecule has 0 fully saturated rings. The van der Waals surface area contributed by atoms with Crippen LogP contribution in [0.1, 0.15) is 0 Å². The Balaban J connectivity index is 2.08. The molecule has 0 bridgehead atoms. The fraction of sp³-hybridized carbons (Fsp3) is 0.176. The van der Waals surface area contributed by atoms with E-state index in [2.05, 4.69) is 5.32 Å². The molecule has 2 rings (SSSR count). The van der Waals surface area contributed by atoms with Crippen LogP contribution in [-0.4, -0.2) is 37.2 Å². The molecule has 120 valence electrons. The fourth-order valence-electron chi connectivity index (χ4n) is 2.09. The Labute approximate surface area is 134 Å². The van der Waals surface area contributed by atoms with E-state index in [9.17, 15) is 9.59 Å². The largest absolute Gasteiger partial charge is 0.497 e. The van der Waals surface area contributed by atoms with Crippen molar-refractivity contribution in [2.45, 2.75) is 0 Å². The number of rotatable bonds is 7. The first-order valence-corrected chi connectivity index (χ1v) is 7.04. The highest BCUT2D eigenvalue weighted by Gasteiger charge is 2.15. The van der Waals surface area contributed by atoms with Crippen LogP contribution >= 0.6 is 0 Å². The number of benzene rings is 2. The second-order valence-corrected chi connectivity index (χ2v) is 4.86. The number of methoxy groups -OCH3 is 1. The van der Waals surface area contributed by atoms with Crippen molar-refractivity contribution in [3.8, 4) is 5.75 Å². The predicted molar refractivity (Wildman–Crippen MR) is 87.9 cm³/mol. The van der Waals surface area contributed by atoms with Gasteiger partial charge in [-0.15, -0.1) is 0 Å². The van der Waals surface area contributed by atoms with Gasteiger partial charge < -0.3 is 20.1 Å². The van der Waals surface area contributed by atoms with Gasteiger partial charge in [0.15, 0.2) is 0 Å². The van der Waals surface area contributed by atoms with Crippen LogP contribution in [0.2, 0.25) is 0 Å². The predicted octanol–water partition coefficient (Wildman–Crippen LogP) is 2.22. The Hall–Kier alpha value is -3.02. The van der Waals surface area contributed by atoms with Crippen molar-refractivity contribution in [2.75, 3.05) is 30.4 Å². The van der Waals surface area contributed by atoms with Gasteiger partial charge >= 0.3 is 5.97 Å². The number of hydrogen-bond donors (Lipinski definition) is 2. The van der Waals surface area contributed by atoms with Crippen molar-refractivity contribution in [3.63, 3.8) is 0 Å². The quantitative estimate of drug-likeness (QED) is 0.819. The van der Waals surface area contributed by atoms with Crippen LogP contribution in [0.3, 0.4) is 0 Å². The molecule has 1 amide bonds. The Morgan fingerprint density at radius 1 is 1.04 bits per heavy atom. The van der Waals surface area contributed by atoms with E-state index in [1.54, 1.807) is 43.5 Å². The van der Waals surface area contributed by atoms with Crippen LogP contribution in [0, 0.1) is 0 Å². The van der Waals surface area contributed by atoms with E-state index in [4.69, 9.17) is 9.84 Å². The summed E-state index contributed by atoms with van der Waals surface area (Å²) in [6, 6.07) is 15.9. The standard InChI is InChI=1S/C17H18N2O4/c1-23-15-9-7-14(8-10-15)19(12-17(21)22)11-16(20)18-13-5-3-2-4-6-13/h2-10H,11-12H2,1H3,(H,18,20)(H,21,22). The summed E-state index contributed by atoms with van der Waals surface area (Å²) >= 11 is 0. The van der Waals surface area contributed by atoms with E-state index < -0.39 is 5.97 Å². The minimum Gasteiger partial charge on any atom is -0.497 e. The van der Waals surface area contributed by atoms with Gasteiger partial charge in [-0.1, -0.05) is 18.2 Å². The van der Waals surface area contributed by atoms with Crippen molar-refractivity contribution in [1.29, 1.82) is 0 Å². The number of ether oxygens (including phenoxy) is 1. The Bertz CT molecular complexity index is 656. The second-order valence-electron chi connectivity index (χ2n) is 4.86. The molecule has 0 aromatic heterocycles. The van der Waals surface area contributed by atoms with Gasteiger partial charge in [-0.3, -0.25) is 9.59 Å². The van der Waals surface area contributed by atoms with E-state index in [0.29, 0.717) is 17.1 Å². The number of hydrogen-bond acceptors (Lipinski definition) is 4. The number of carboxylic acids is 1. The number of amides is 1. The Morgan fingerprint density at radius 3 is 2.26 bits per heavy atom. The van der Waals surface area contributed by atoms with Gasteiger partial charge in [0.25, 0.3) is 0 Å². The lowest BCUT2D eigenvalue weighted by Gasteiger charge is -2.22. The van der Waals surface area contributed by atoms with E-state index in [-0.39, 0.29) is 19.0 Å². The third-order valence-electron chi connectivity index (χ3n) is 3.16. The van der Waals surface area contributed by atoms with Crippen molar-refractivity contribution >= 4 is 23.3 Å². The highest BCUT2D eigenvalue weighted by molar-refractivity contribution is 5.94. The summed E-state index contributed by atoms with van der Waals surface area (Å²) in [6.45, 7) is -0.331. The number of nitrogens with one attached hydrogen (secondary N) is 1. The zero-order valence-corrected chi connectivity index (χ0v) is 12.7. The maximum absolute atomic E-state index is 12.1. The van der Waals surface area contributed by atoms with Gasteiger partial charge in [-0.25, -0.2) is 0 Å². The van der Waals surface area contributed by atoms with Crippen LogP contribution in [0.4, 0.5) is 11.4 Å². The maximum atomic E-state index is 12.1. The summed E-state index contributed by atoms with van der Waals surface area (Å²) in [5, 5.41) is 11.8. The van der Waals surface area contributed by atoms with E-state index in [1.165, 1.54) is 4.90 Å². The highest BCUT2D eigenvalue weighted by Crippen LogP contribution is 2.19. The van der Waals surface area contributed by atoms with E-state index in [0.717, 1.165) is 0 Å². The first-order chi connectivity index (χ1) is 11.1. The Kier molecular flexibility index (Phi) is 5.57. The SMILES string of the molecule is COc1ccc(N(CC(=O)O)CC(=O)Nc2ccccc2)cc1. The van der Waals surface area contributed by atoms with E-state index in [1.807, 2.05) is 18.2 Å². The molecule has 0 spiro atoms. The van der Waals surface area contributed by atoms with Gasteiger partial charge in [0.1, 0.15) is 12.3 Å². The molecule has 2 aromatic rings. The summed E-state index contributed by atoms with van der Waals surface area (Å²) in [7, 11) is 1.55. The maximum Gasteiger partial charge on any atom is 0.323 e. The van der Waals surface area contributed by atoms with Gasteiger partial charge in [-0.2, -0.15) is 0 Å². The number of aliphatic carboxylic acids is 1. The Morgan fingerprint density at radius 2 is 1.70 bits per heavy atom. The molecule has 0 atom stereocenters. The van der Waals surface area contributed by atoms with Crippen LogP contribution in [0.25, 0.3) is 0 Å². The molecule has 0 aliphatic rings. The number of para-hydroxylation sites is 1. The van der Waals surface area contributed by atoms with Crippen LogP contribution < -0.4 is 15.0 Å². The molecule has 0 radical (unpaired) electrons. The minimum atomic E-state index is -1.01. The summed E-state index contributed by atoms with van der Waals surface area (Å²) < 4.78 is 5.08. The van der Waals surface area contributed by atoms with Gasteiger partial charge in [0, 0.05) is 11.4 Å². The average Bonchev–Trinajstić information content (AvgIpc) is 2.55. The summed E-state index contributed by atoms with van der Waals surface area (Å²) in [5.41, 5.74) is 1.30. The lowest BCUT2D eigenvalue weighted by molar-refractivity contribution is -0.135. The number of carboxylic acid groups (broad SMARTS) is 1. The molecule has 6 heteroatoms. The molecule has 0 aliphatic heterocycles. The molecule has 0 unspecified atom stereocenters. The molecular weight excluding hydrogens is 296 g/mol. The van der Waals surface area contributed by atoms with Crippen LogP contribution in [0.5, 0.6) is 5.75 Å². The van der Waals surface area contributed by atoms with Gasteiger partial charge in [0.05, 0.1) is 13.7 Å². The first-order valence-electron chi connectivity index (χ1n) is 7.04. The van der Waals surface area contributed by atoms with Gasteiger partial charge in [-0.05, 0) is 36.4 Å². The van der Waals surface area contributed by atoms with Crippen molar-refractivity contribution < 1.29 is 19.4 Å². The zero-order chi connectivity index (χ0) is 16.7. The lowest BCUT2D eigenvalue weighted by Crippen LogP contribution is -2.37. The molecule has 0 saturated heterocycles. The highest BCUT2D eigenvalue weighted by atomic mass is 16.5. The fourth-order valence-corrected chi connectivity index (χ4v) is 2.09. The van der Waals surface area contributed by atoms with Crippen LogP contribution in [-0.2, 0) is 9.59 Å². The van der Waals surface area contributed by atoms with Crippen molar-refractivity contribution in [2.24, 2.45) is 0 Å². The normalized spacial score (nSPS) is 9.96. The second kappa shape index (κ2) is 7.84. The lowest BCUT2D eigenvalue weighted by atomic mass is 10.2. The van der Waals surface area contributed by atoms with Crippen molar-refractivity contribution in [1.82, 2.24) is 0 Å². The van der Waals surface area contributed by atoms with Crippen LogP contribution in [0.15, 0.2) is 54.6 Å². The molecular formula is C17H18N2O4. The minimum absolute atomic E-state index is 0.0620. The molecule has 23 heavy (non-hydrogen) atoms. The van der Waals surface area contributed by atoms with Crippen molar-refractivity contribution in [3.05, 3.63) is 54.6 Å². The number of carbonyl (C=O) groups is 2. The molecule has 2 aromatic carbocycles. The topological polar surface area (TPSA) is 78.9 Å². The molecule has 0 saturated carbocycles. The summed E-state index contributed by atoms with van der Waals surface area (Å²) in [5.74, 6) is -0.626. The number of anilines is 2. The zero-order valence-electron chi connectivity index (χ0n) is 12.7. The third-order valence-corrected chi connectivity index (χ3v) is 3.16. The summed E-state index contributed by atoms with van der Waals surface area (Å²) in [4.78, 5) is 24.7. The number of carbonyl (C=O) groups excluding carboxylic acids is 1.